The average molecular weight is 389 g/mol. The van der Waals surface area contributed by atoms with Gasteiger partial charge < -0.3 is 30.7 Å². The lowest BCUT2D eigenvalue weighted by molar-refractivity contribution is 0.0133. The molecule has 0 aliphatic heterocycles. The molecule has 1 aromatic heterocycles. The van der Waals surface area contributed by atoms with Gasteiger partial charge in [-0.15, -0.1) is 0 Å². The number of ether oxygens (including phenoxy) is 2. The molecule has 150 valence electrons. The summed E-state index contributed by atoms with van der Waals surface area (Å²) in [6.07, 6.45) is -1.84. The summed E-state index contributed by atoms with van der Waals surface area (Å²) in [6.45, 7) is 0.212. The minimum atomic E-state index is -1.32. The number of methoxy groups -OCH3 is 1. The van der Waals surface area contributed by atoms with Gasteiger partial charge in [-0.1, -0.05) is 30.3 Å². The van der Waals surface area contributed by atoms with Gasteiger partial charge >= 0.3 is 12.1 Å². The number of hydrogen-bond donors (Lipinski definition) is 4. The van der Waals surface area contributed by atoms with Gasteiger partial charge in [0, 0.05) is 18.3 Å². The molecule has 1 amide bonds. The SMILES string of the molecule is COC(=O)c1cc(C(O)C(O)CCNC(=O)OCc2ccccc2)cnc1N. The Balaban J connectivity index is 1.81. The smallest absolute Gasteiger partial charge is 0.407 e. The van der Waals surface area contributed by atoms with Crippen molar-refractivity contribution in [1.82, 2.24) is 10.3 Å². The van der Waals surface area contributed by atoms with Crippen LogP contribution in [0.25, 0.3) is 0 Å². The van der Waals surface area contributed by atoms with Gasteiger partial charge in [0.15, 0.2) is 0 Å². The first-order valence-corrected chi connectivity index (χ1v) is 8.56. The van der Waals surface area contributed by atoms with Gasteiger partial charge in [-0.25, -0.2) is 14.6 Å². The van der Waals surface area contributed by atoms with Crippen molar-refractivity contribution in [2.24, 2.45) is 0 Å². The zero-order valence-corrected chi connectivity index (χ0v) is 15.4. The highest BCUT2D eigenvalue weighted by atomic mass is 16.5. The number of carbonyl (C=O) groups is 2. The molecule has 0 spiro atoms. The van der Waals surface area contributed by atoms with Crippen LogP contribution in [0.3, 0.4) is 0 Å². The fraction of sp³-hybridized carbons (Fsp3) is 0.316. The molecule has 0 saturated carbocycles. The summed E-state index contributed by atoms with van der Waals surface area (Å²) < 4.78 is 9.65. The number of esters is 1. The van der Waals surface area contributed by atoms with Crippen molar-refractivity contribution >= 4 is 17.9 Å². The number of rotatable bonds is 8. The van der Waals surface area contributed by atoms with Gasteiger partial charge in [-0.05, 0) is 18.1 Å². The maximum Gasteiger partial charge on any atom is 0.407 e. The minimum absolute atomic E-state index is 0.00568. The number of anilines is 1. The quantitative estimate of drug-likeness (QED) is 0.492. The van der Waals surface area contributed by atoms with E-state index in [-0.39, 0.29) is 36.5 Å². The first-order chi connectivity index (χ1) is 13.4. The van der Waals surface area contributed by atoms with Crippen molar-refractivity contribution in [3.05, 3.63) is 59.3 Å². The van der Waals surface area contributed by atoms with Crippen LogP contribution in [-0.4, -0.2) is 47.0 Å². The Labute approximate surface area is 162 Å². The summed E-state index contributed by atoms with van der Waals surface area (Å²) in [4.78, 5) is 27.1. The molecule has 2 rings (SSSR count). The fourth-order valence-electron chi connectivity index (χ4n) is 2.40. The monoisotopic (exact) mass is 389 g/mol. The summed E-state index contributed by atoms with van der Waals surface area (Å²) in [5.41, 5.74) is 6.66. The van der Waals surface area contributed by atoms with Gasteiger partial charge in [0.1, 0.15) is 24.1 Å². The van der Waals surface area contributed by atoms with E-state index in [2.05, 4.69) is 15.0 Å². The predicted molar refractivity (Wildman–Crippen MR) is 100 cm³/mol. The molecule has 0 aliphatic rings. The molecule has 0 bridgehead atoms. The van der Waals surface area contributed by atoms with Crippen LogP contribution in [0.4, 0.5) is 10.6 Å². The molecule has 2 atom stereocenters. The molecule has 0 fully saturated rings. The Hall–Kier alpha value is -3.17. The van der Waals surface area contributed by atoms with E-state index >= 15 is 0 Å². The van der Waals surface area contributed by atoms with Gasteiger partial charge in [0.05, 0.1) is 13.2 Å². The van der Waals surface area contributed by atoms with Crippen LogP contribution in [0.1, 0.15) is 34.0 Å². The first kappa shape index (κ1) is 21.1. The van der Waals surface area contributed by atoms with Crippen LogP contribution in [0.2, 0.25) is 0 Å². The molecule has 0 aliphatic carbocycles. The van der Waals surface area contributed by atoms with E-state index in [0.717, 1.165) is 5.56 Å². The number of nitrogens with zero attached hydrogens (tertiary/aromatic N) is 1. The number of benzene rings is 1. The van der Waals surface area contributed by atoms with E-state index in [4.69, 9.17) is 10.5 Å². The van der Waals surface area contributed by atoms with E-state index in [0.29, 0.717) is 0 Å². The number of aliphatic hydroxyl groups is 2. The third-order valence-corrected chi connectivity index (χ3v) is 3.97. The van der Waals surface area contributed by atoms with E-state index in [1.165, 1.54) is 19.4 Å². The van der Waals surface area contributed by atoms with E-state index in [1.807, 2.05) is 30.3 Å². The van der Waals surface area contributed by atoms with Crippen LogP contribution >= 0.6 is 0 Å². The Bertz CT molecular complexity index is 800. The fourth-order valence-corrected chi connectivity index (χ4v) is 2.40. The number of nitrogens with one attached hydrogen (secondary N) is 1. The Morgan fingerprint density at radius 2 is 1.96 bits per heavy atom. The summed E-state index contributed by atoms with van der Waals surface area (Å²) in [5.74, 6) is -0.739. The molecular formula is C19H23N3O6. The van der Waals surface area contributed by atoms with Gasteiger partial charge in [-0.2, -0.15) is 0 Å². The molecular weight excluding hydrogens is 366 g/mol. The highest BCUT2D eigenvalue weighted by Gasteiger charge is 2.22. The predicted octanol–water partition coefficient (Wildman–Crippen LogP) is 1.16. The maximum atomic E-state index is 11.7. The maximum absolute atomic E-state index is 11.7. The zero-order valence-electron chi connectivity index (χ0n) is 15.4. The van der Waals surface area contributed by atoms with Crippen LogP contribution in [0.5, 0.6) is 0 Å². The third kappa shape index (κ3) is 5.93. The number of aromatic nitrogens is 1. The molecule has 0 saturated heterocycles. The largest absolute Gasteiger partial charge is 0.465 e. The molecule has 2 aromatic rings. The van der Waals surface area contributed by atoms with E-state index < -0.39 is 24.3 Å². The van der Waals surface area contributed by atoms with Crippen LogP contribution in [0.15, 0.2) is 42.6 Å². The Kier molecular flexibility index (Phi) is 7.73. The number of amides is 1. The second kappa shape index (κ2) is 10.2. The molecule has 9 heteroatoms. The van der Waals surface area contributed by atoms with Crippen molar-refractivity contribution in [2.75, 3.05) is 19.4 Å². The standard InChI is InChI=1S/C19H23N3O6/c1-27-18(25)14-9-13(10-22-17(14)20)16(24)15(23)7-8-21-19(26)28-11-12-5-3-2-4-6-12/h2-6,9-10,15-16,23-24H,7-8,11H2,1H3,(H2,20,22)(H,21,26). The van der Waals surface area contributed by atoms with Crippen molar-refractivity contribution in [3.63, 3.8) is 0 Å². The summed E-state index contributed by atoms with van der Waals surface area (Å²) in [7, 11) is 1.20. The number of carbonyl (C=O) groups excluding carboxylic acids is 2. The topological polar surface area (TPSA) is 144 Å². The van der Waals surface area contributed by atoms with E-state index in [1.54, 1.807) is 0 Å². The number of pyridine rings is 1. The van der Waals surface area contributed by atoms with Gasteiger partial charge in [0.2, 0.25) is 0 Å². The summed E-state index contributed by atoms with van der Waals surface area (Å²) in [6, 6.07) is 10.5. The minimum Gasteiger partial charge on any atom is -0.465 e. The lowest BCUT2D eigenvalue weighted by Crippen LogP contribution is -2.30. The Morgan fingerprint density at radius 3 is 2.64 bits per heavy atom. The lowest BCUT2D eigenvalue weighted by atomic mass is 10.0. The third-order valence-electron chi connectivity index (χ3n) is 3.97. The van der Waals surface area contributed by atoms with Crippen molar-refractivity contribution in [3.8, 4) is 0 Å². The highest BCUT2D eigenvalue weighted by molar-refractivity contribution is 5.94. The number of nitrogens with two attached hydrogens (primary N) is 1. The van der Waals surface area contributed by atoms with Gasteiger partial charge in [0.25, 0.3) is 0 Å². The van der Waals surface area contributed by atoms with Crippen molar-refractivity contribution in [2.45, 2.75) is 25.2 Å². The van der Waals surface area contributed by atoms with Crippen LogP contribution in [-0.2, 0) is 16.1 Å². The molecule has 1 aromatic carbocycles. The highest BCUT2D eigenvalue weighted by Crippen LogP contribution is 2.22. The molecule has 0 radical (unpaired) electrons. The number of alkyl carbamates (subject to hydrolysis) is 1. The zero-order chi connectivity index (χ0) is 20.5. The second-order valence-electron chi connectivity index (χ2n) is 5.98. The summed E-state index contributed by atoms with van der Waals surface area (Å²) in [5, 5.41) is 22.9. The average Bonchev–Trinajstić information content (AvgIpc) is 2.72. The molecule has 28 heavy (non-hydrogen) atoms. The first-order valence-electron chi connectivity index (χ1n) is 8.56. The number of nitrogen functional groups attached to an aromatic ring is 1. The lowest BCUT2D eigenvalue weighted by Gasteiger charge is -2.19. The molecule has 5 N–H and O–H groups in total. The number of aliphatic hydroxyl groups excluding tert-OH is 2. The van der Waals surface area contributed by atoms with Crippen LogP contribution in [0, 0.1) is 0 Å². The molecule has 1 heterocycles. The van der Waals surface area contributed by atoms with Crippen molar-refractivity contribution in [1.29, 1.82) is 0 Å². The normalized spacial score (nSPS) is 12.7. The van der Waals surface area contributed by atoms with E-state index in [9.17, 15) is 19.8 Å². The summed E-state index contributed by atoms with van der Waals surface area (Å²) >= 11 is 0. The molecule has 2 unspecified atom stereocenters. The van der Waals surface area contributed by atoms with Crippen LogP contribution < -0.4 is 11.1 Å². The van der Waals surface area contributed by atoms with Gasteiger partial charge in [-0.3, -0.25) is 0 Å². The number of hydrogen-bond acceptors (Lipinski definition) is 8. The second-order valence-corrected chi connectivity index (χ2v) is 5.98. The molecule has 9 nitrogen and oxygen atoms in total. The van der Waals surface area contributed by atoms with Crippen molar-refractivity contribution < 1.29 is 29.3 Å². The Morgan fingerprint density at radius 1 is 1.25 bits per heavy atom.